The van der Waals surface area contributed by atoms with E-state index in [1.54, 1.807) is 17.6 Å². The van der Waals surface area contributed by atoms with Gasteiger partial charge in [0.2, 0.25) is 0 Å². The van der Waals surface area contributed by atoms with Crippen LogP contribution in [0, 0.1) is 0 Å². The number of rotatable bonds is 4. The van der Waals surface area contributed by atoms with E-state index in [4.69, 9.17) is 4.74 Å². The van der Waals surface area contributed by atoms with Crippen molar-refractivity contribution in [2.45, 2.75) is 13.3 Å². The molecule has 0 saturated carbocycles. The molecule has 18 heavy (non-hydrogen) atoms. The van der Waals surface area contributed by atoms with Crippen LogP contribution < -0.4 is 0 Å². The maximum Gasteiger partial charge on any atom is 0.313 e. The van der Waals surface area contributed by atoms with Crippen molar-refractivity contribution in [3.63, 3.8) is 0 Å². The topological polar surface area (TPSA) is 48.3 Å². The lowest BCUT2D eigenvalue weighted by Gasteiger charge is -2.03. The summed E-state index contributed by atoms with van der Waals surface area (Å²) in [6, 6.07) is 9.52. The molecule has 2 aromatic rings. The number of carbonyl (C=O) groups is 2. The summed E-state index contributed by atoms with van der Waals surface area (Å²) >= 11 is 0. The third-order valence-corrected chi connectivity index (χ3v) is 2.85. The summed E-state index contributed by atoms with van der Waals surface area (Å²) in [5.74, 6) is -0.695. The van der Waals surface area contributed by atoms with E-state index >= 15 is 0 Å². The lowest BCUT2D eigenvalue weighted by molar-refractivity contribution is -0.141. The number of Topliss-reactive ketones (excluding diaryl/α,β-unsaturated/α-hetero) is 1. The zero-order valence-electron chi connectivity index (χ0n) is 10.5. The molecule has 0 spiro atoms. The molecule has 0 unspecified atom stereocenters. The van der Waals surface area contributed by atoms with E-state index in [-0.39, 0.29) is 12.2 Å². The molecule has 0 amide bonds. The fourth-order valence-electron chi connectivity index (χ4n) is 1.99. The summed E-state index contributed by atoms with van der Waals surface area (Å²) in [4.78, 5) is 23.3. The Morgan fingerprint density at radius 2 is 2.00 bits per heavy atom. The predicted molar refractivity (Wildman–Crippen MR) is 68.5 cm³/mol. The number of hydrogen-bond donors (Lipinski definition) is 0. The Balaban J connectivity index is 2.28. The number of ether oxygens (including phenoxy) is 1. The zero-order valence-corrected chi connectivity index (χ0v) is 10.5. The van der Waals surface area contributed by atoms with E-state index in [9.17, 15) is 9.59 Å². The van der Waals surface area contributed by atoms with Gasteiger partial charge in [0.05, 0.1) is 12.3 Å². The highest BCUT2D eigenvalue weighted by Gasteiger charge is 2.17. The van der Waals surface area contributed by atoms with Crippen LogP contribution in [0.5, 0.6) is 0 Å². The molecule has 94 valence electrons. The second-order valence-electron chi connectivity index (χ2n) is 4.05. The number of benzene rings is 1. The first-order valence-corrected chi connectivity index (χ1v) is 5.86. The molecule has 0 fully saturated rings. The van der Waals surface area contributed by atoms with Crippen molar-refractivity contribution in [2.24, 2.45) is 7.05 Å². The Labute approximate surface area is 105 Å². The van der Waals surface area contributed by atoms with E-state index in [2.05, 4.69) is 0 Å². The summed E-state index contributed by atoms with van der Waals surface area (Å²) in [6.45, 7) is 2.01. The van der Waals surface area contributed by atoms with Gasteiger partial charge in [0, 0.05) is 18.0 Å². The monoisotopic (exact) mass is 245 g/mol. The molecule has 1 heterocycles. The van der Waals surface area contributed by atoms with Gasteiger partial charge < -0.3 is 9.30 Å². The second-order valence-corrected chi connectivity index (χ2v) is 4.05. The molecule has 4 nitrogen and oxygen atoms in total. The van der Waals surface area contributed by atoms with Crippen LogP contribution in [0.3, 0.4) is 0 Å². The average molecular weight is 245 g/mol. The SMILES string of the molecule is CCOC(=O)CC(=O)c1cc2ccccc2n1C. The lowest BCUT2D eigenvalue weighted by Crippen LogP contribution is -2.13. The summed E-state index contributed by atoms with van der Waals surface area (Å²) in [7, 11) is 1.82. The summed E-state index contributed by atoms with van der Waals surface area (Å²) in [5.41, 5.74) is 1.51. The van der Waals surface area contributed by atoms with Gasteiger partial charge in [-0.15, -0.1) is 0 Å². The van der Waals surface area contributed by atoms with Gasteiger partial charge >= 0.3 is 5.97 Å². The van der Waals surface area contributed by atoms with Gasteiger partial charge in [-0.25, -0.2) is 0 Å². The van der Waals surface area contributed by atoms with Crippen molar-refractivity contribution < 1.29 is 14.3 Å². The third kappa shape index (κ3) is 2.27. The largest absolute Gasteiger partial charge is 0.466 e. The molecule has 0 atom stereocenters. The highest BCUT2D eigenvalue weighted by atomic mass is 16.5. The molecule has 0 bridgehead atoms. The first-order valence-electron chi connectivity index (χ1n) is 5.86. The van der Waals surface area contributed by atoms with Crippen molar-refractivity contribution >= 4 is 22.7 Å². The van der Waals surface area contributed by atoms with E-state index in [0.29, 0.717) is 12.3 Å². The molecular formula is C14H15NO3. The number of para-hydroxylation sites is 1. The number of aromatic nitrogens is 1. The molecule has 1 aromatic carbocycles. The first-order chi connectivity index (χ1) is 8.63. The normalized spacial score (nSPS) is 10.6. The van der Waals surface area contributed by atoms with Crippen LogP contribution in [0.1, 0.15) is 23.8 Å². The van der Waals surface area contributed by atoms with Crippen LogP contribution in [0.15, 0.2) is 30.3 Å². The Morgan fingerprint density at radius 1 is 1.28 bits per heavy atom. The van der Waals surface area contributed by atoms with Crippen LogP contribution in [-0.2, 0) is 16.6 Å². The molecule has 0 aliphatic carbocycles. The molecule has 4 heteroatoms. The van der Waals surface area contributed by atoms with Gasteiger partial charge in [0.15, 0.2) is 5.78 Å². The van der Waals surface area contributed by atoms with Crippen molar-refractivity contribution in [3.8, 4) is 0 Å². The average Bonchev–Trinajstić information content (AvgIpc) is 2.68. The van der Waals surface area contributed by atoms with Gasteiger partial charge in [0.1, 0.15) is 6.42 Å². The number of fused-ring (bicyclic) bond motifs is 1. The molecule has 0 radical (unpaired) electrons. The fourth-order valence-corrected chi connectivity index (χ4v) is 1.99. The predicted octanol–water partition coefficient (Wildman–Crippen LogP) is 2.31. The van der Waals surface area contributed by atoms with Crippen LogP contribution in [0.4, 0.5) is 0 Å². The second kappa shape index (κ2) is 5.04. The minimum Gasteiger partial charge on any atom is -0.466 e. The molecule has 0 aliphatic heterocycles. The third-order valence-electron chi connectivity index (χ3n) is 2.85. The first kappa shape index (κ1) is 12.4. The summed E-state index contributed by atoms with van der Waals surface area (Å²) < 4.78 is 6.58. The number of carbonyl (C=O) groups excluding carboxylic acids is 2. The zero-order chi connectivity index (χ0) is 13.1. The van der Waals surface area contributed by atoms with E-state index in [1.807, 2.05) is 31.3 Å². The minimum absolute atomic E-state index is 0.210. The number of nitrogens with zero attached hydrogens (tertiary/aromatic N) is 1. The fraction of sp³-hybridized carbons (Fsp3) is 0.286. The Morgan fingerprint density at radius 3 is 2.67 bits per heavy atom. The van der Waals surface area contributed by atoms with Gasteiger partial charge in [-0.2, -0.15) is 0 Å². The smallest absolute Gasteiger partial charge is 0.313 e. The number of aryl methyl sites for hydroxylation is 1. The van der Waals surface area contributed by atoms with Crippen molar-refractivity contribution in [3.05, 3.63) is 36.0 Å². The van der Waals surface area contributed by atoms with E-state index in [1.165, 1.54) is 0 Å². The van der Waals surface area contributed by atoms with Crippen LogP contribution in [0.25, 0.3) is 10.9 Å². The van der Waals surface area contributed by atoms with Gasteiger partial charge in [-0.1, -0.05) is 18.2 Å². The van der Waals surface area contributed by atoms with Gasteiger partial charge in [0.25, 0.3) is 0 Å². The quantitative estimate of drug-likeness (QED) is 0.472. The van der Waals surface area contributed by atoms with Crippen molar-refractivity contribution in [2.75, 3.05) is 6.61 Å². The molecule has 0 N–H and O–H groups in total. The van der Waals surface area contributed by atoms with E-state index in [0.717, 1.165) is 10.9 Å². The maximum absolute atomic E-state index is 12.0. The van der Waals surface area contributed by atoms with Crippen LogP contribution in [0.2, 0.25) is 0 Å². The molecular weight excluding hydrogens is 230 g/mol. The van der Waals surface area contributed by atoms with Crippen LogP contribution >= 0.6 is 0 Å². The standard InChI is InChI=1S/C14H15NO3/c1-3-18-14(17)9-13(16)12-8-10-6-4-5-7-11(10)15(12)2/h4-8H,3,9H2,1-2H3. The Hall–Kier alpha value is -2.10. The molecule has 0 saturated heterocycles. The van der Waals surface area contributed by atoms with Gasteiger partial charge in [-0.05, 0) is 19.1 Å². The summed E-state index contributed by atoms with van der Waals surface area (Å²) in [6.07, 6.45) is -0.210. The molecule has 1 aromatic heterocycles. The number of esters is 1. The number of ketones is 1. The van der Waals surface area contributed by atoms with Gasteiger partial charge in [-0.3, -0.25) is 9.59 Å². The van der Waals surface area contributed by atoms with Crippen molar-refractivity contribution in [1.82, 2.24) is 4.57 Å². The highest BCUT2D eigenvalue weighted by Crippen LogP contribution is 2.19. The molecule has 0 aliphatic rings. The lowest BCUT2D eigenvalue weighted by atomic mass is 10.2. The van der Waals surface area contributed by atoms with E-state index < -0.39 is 5.97 Å². The minimum atomic E-state index is -0.479. The Kier molecular flexibility index (Phi) is 3.46. The Bertz CT molecular complexity index is 598. The van der Waals surface area contributed by atoms with Crippen molar-refractivity contribution in [1.29, 1.82) is 0 Å². The maximum atomic E-state index is 12.0. The highest BCUT2D eigenvalue weighted by molar-refractivity contribution is 6.07. The number of hydrogen-bond acceptors (Lipinski definition) is 3. The van der Waals surface area contributed by atoms with Crippen LogP contribution in [-0.4, -0.2) is 22.9 Å². The summed E-state index contributed by atoms with van der Waals surface area (Å²) in [5, 5.41) is 0.993. The molecule has 2 rings (SSSR count).